The molecular formula is C19H35NO. The lowest BCUT2D eigenvalue weighted by Gasteiger charge is -2.59. The Morgan fingerprint density at radius 3 is 2.10 bits per heavy atom. The van der Waals surface area contributed by atoms with Gasteiger partial charge < -0.3 is 10.1 Å². The highest BCUT2D eigenvalue weighted by molar-refractivity contribution is 5.05. The molecule has 0 aromatic heterocycles. The van der Waals surface area contributed by atoms with Gasteiger partial charge in [0.25, 0.3) is 0 Å². The topological polar surface area (TPSA) is 21.3 Å². The third-order valence-electron chi connectivity index (χ3n) is 6.64. The second kappa shape index (κ2) is 6.58. The molecule has 0 saturated heterocycles. The monoisotopic (exact) mass is 293 g/mol. The van der Waals surface area contributed by atoms with Crippen LogP contribution in [0.2, 0.25) is 0 Å². The predicted octanol–water partition coefficient (Wildman–Crippen LogP) is 4.24. The van der Waals surface area contributed by atoms with E-state index in [4.69, 9.17) is 4.74 Å². The summed E-state index contributed by atoms with van der Waals surface area (Å²) in [4.78, 5) is 0. The van der Waals surface area contributed by atoms with Crippen LogP contribution in [0.4, 0.5) is 0 Å². The smallest absolute Gasteiger partial charge is 0.0625 e. The maximum absolute atomic E-state index is 6.13. The van der Waals surface area contributed by atoms with Gasteiger partial charge in [-0.1, -0.05) is 20.3 Å². The Bertz CT molecular complexity index is 305. The molecule has 2 unspecified atom stereocenters. The SMILES string of the molecule is CCCC(C)COCC(NC)C12CC3CC(CC(C3)C1)C2. The van der Waals surface area contributed by atoms with Gasteiger partial charge in [-0.2, -0.15) is 0 Å². The molecule has 0 heterocycles. The number of nitrogens with one attached hydrogen (secondary N) is 1. The van der Waals surface area contributed by atoms with Gasteiger partial charge in [0.2, 0.25) is 0 Å². The molecule has 1 N–H and O–H groups in total. The highest BCUT2D eigenvalue weighted by Crippen LogP contribution is 2.61. The van der Waals surface area contributed by atoms with Crippen LogP contribution < -0.4 is 5.32 Å². The molecule has 0 spiro atoms. The van der Waals surface area contributed by atoms with Gasteiger partial charge in [0.15, 0.2) is 0 Å². The maximum atomic E-state index is 6.13. The Morgan fingerprint density at radius 2 is 1.62 bits per heavy atom. The molecule has 4 aliphatic rings. The molecule has 0 aromatic rings. The first-order valence-corrected chi connectivity index (χ1v) is 9.40. The minimum atomic E-state index is 0.567. The molecule has 2 heteroatoms. The van der Waals surface area contributed by atoms with Crippen LogP contribution in [-0.2, 0) is 4.74 Å². The summed E-state index contributed by atoms with van der Waals surface area (Å²) < 4.78 is 6.13. The van der Waals surface area contributed by atoms with Crippen molar-refractivity contribution >= 4 is 0 Å². The molecule has 21 heavy (non-hydrogen) atoms. The van der Waals surface area contributed by atoms with Crippen LogP contribution in [0, 0.1) is 29.1 Å². The summed E-state index contributed by atoms with van der Waals surface area (Å²) in [6.45, 7) is 6.46. The quantitative estimate of drug-likeness (QED) is 0.722. The van der Waals surface area contributed by atoms with Crippen molar-refractivity contribution in [2.24, 2.45) is 29.1 Å². The third kappa shape index (κ3) is 3.32. The van der Waals surface area contributed by atoms with Gasteiger partial charge in [-0.25, -0.2) is 0 Å². The maximum Gasteiger partial charge on any atom is 0.0625 e. The Hall–Kier alpha value is -0.0800. The average molecular weight is 293 g/mol. The molecular weight excluding hydrogens is 258 g/mol. The lowest BCUT2D eigenvalue weighted by atomic mass is 9.48. The third-order valence-corrected chi connectivity index (χ3v) is 6.64. The molecule has 4 bridgehead atoms. The molecule has 0 radical (unpaired) electrons. The number of hydrogen-bond acceptors (Lipinski definition) is 2. The Balaban J connectivity index is 1.56. The van der Waals surface area contributed by atoms with E-state index in [0.717, 1.165) is 31.0 Å². The van der Waals surface area contributed by atoms with E-state index in [2.05, 4.69) is 26.2 Å². The second-order valence-corrected chi connectivity index (χ2v) is 8.55. The van der Waals surface area contributed by atoms with Crippen LogP contribution in [0.25, 0.3) is 0 Å². The van der Waals surface area contributed by atoms with E-state index in [9.17, 15) is 0 Å². The fourth-order valence-electron chi connectivity index (χ4n) is 6.13. The molecule has 4 fully saturated rings. The first-order chi connectivity index (χ1) is 10.1. The zero-order valence-corrected chi connectivity index (χ0v) is 14.4. The number of likely N-dealkylation sites (N-methyl/N-ethyl adjacent to an activating group) is 1. The molecule has 2 nitrogen and oxygen atoms in total. The van der Waals surface area contributed by atoms with Crippen molar-refractivity contribution in [3.05, 3.63) is 0 Å². The number of hydrogen-bond donors (Lipinski definition) is 1. The minimum Gasteiger partial charge on any atom is -0.380 e. The van der Waals surface area contributed by atoms with E-state index in [1.54, 1.807) is 0 Å². The molecule has 0 aliphatic heterocycles. The number of rotatable bonds is 8. The molecule has 4 saturated carbocycles. The standard InChI is InChI=1S/C19H35NO/c1-4-5-14(2)12-21-13-18(20-3)19-9-15-6-16(10-19)8-17(7-15)11-19/h14-18,20H,4-13H2,1-3H3. The van der Waals surface area contributed by atoms with E-state index in [-0.39, 0.29) is 0 Å². The normalized spacial score (nSPS) is 40.4. The molecule has 122 valence electrons. The van der Waals surface area contributed by atoms with E-state index in [0.29, 0.717) is 17.4 Å². The first-order valence-electron chi connectivity index (χ1n) is 9.40. The Kier molecular flexibility index (Phi) is 4.95. The molecule has 4 aliphatic carbocycles. The van der Waals surface area contributed by atoms with Gasteiger partial charge in [0.1, 0.15) is 0 Å². The van der Waals surface area contributed by atoms with Crippen molar-refractivity contribution < 1.29 is 4.74 Å². The largest absolute Gasteiger partial charge is 0.380 e. The fourth-order valence-corrected chi connectivity index (χ4v) is 6.13. The summed E-state index contributed by atoms with van der Waals surface area (Å²) in [7, 11) is 2.15. The zero-order valence-electron chi connectivity index (χ0n) is 14.4. The van der Waals surface area contributed by atoms with Crippen LogP contribution >= 0.6 is 0 Å². The Labute approximate surface area is 131 Å². The summed E-state index contributed by atoms with van der Waals surface area (Å²) in [5.41, 5.74) is 0.567. The molecule has 0 amide bonds. The van der Waals surface area contributed by atoms with Crippen LogP contribution in [0.1, 0.15) is 65.2 Å². The highest BCUT2D eigenvalue weighted by atomic mass is 16.5. The van der Waals surface area contributed by atoms with Crippen molar-refractivity contribution in [2.75, 3.05) is 20.3 Å². The van der Waals surface area contributed by atoms with Gasteiger partial charge in [-0.3, -0.25) is 0 Å². The van der Waals surface area contributed by atoms with Crippen LogP contribution in [-0.4, -0.2) is 26.3 Å². The highest BCUT2D eigenvalue weighted by Gasteiger charge is 2.53. The van der Waals surface area contributed by atoms with E-state index in [1.165, 1.54) is 51.4 Å². The lowest BCUT2D eigenvalue weighted by Crippen LogP contribution is -2.56. The van der Waals surface area contributed by atoms with Crippen molar-refractivity contribution in [1.82, 2.24) is 5.32 Å². The fraction of sp³-hybridized carbons (Fsp3) is 1.00. The predicted molar refractivity (Wildman–Crippen MR) is 88.3 cm³/mol. The van der Waals surface area contributed by atoms with Gasteiger partial charge in [0.05, 0.1) is 6.61 Å². The van der Waals surface area contributed by atoms with Crippen molar-refractivity contribution in [3.8, 4) is 0 Å². The van der Waals surface area contributed by atoms with E-state index >= 15 is 0 Å². The summed E-state index contributed by atoms with van der Waals surface area (Å²) in [6.07, 6.45) is 11.6. The van der Waals surface area contributed by atoms with Crippen molar-refractivity contribution in [1.29, 1.82) is 0 Å². The lowest BCUT2D eigenvalue weighted by molar-refractivity contribution is -0.0888. The van der Waals surface area contributed by atoms with E-state index < -0.39 is 0 Å². The summed E-state index contributed by atoms with van der Waals surface area (Å²) in [5, 5.41) is 3.64. The van der Waals surface area contributed by atoms with Gasteiger partial charge >= 0.3 is 0 Å². The van der Waals surface area contributed by atoms with Crippen LogP contribution in [0.15, 0.2) is 0 Å². The minimum absolute atomic E-state index is 0.567. The zero-order chi connectivity index (χ0) is 14.9. The summed E-state index contributed by atoms with van der Waals surface area (Å²) in [5.74, 6) is 3.81. The van der Waals surface area contributed by atoms with Crippen molar-refractivity contribution in [2.45, 2.75) is 71.3 Å². The van der Waals surface area contributed by atoms with Gasteiger partial charge in [-0.05, 0) is 81.1 Å². The summed E-state index contributed by atoms with van der Waals surface area (Å²) >= 11 is 0. The molecule has 0 aromatic carbocycles. The molecule has 2 atom stereocenters. The van der Waals surface area contributed by atoms with Crippen LogP contribution in [0.3, 0.4) is 0 Å². The number of ether oxygens (including phenoxy) is 1. The first kappa shape index (κ1) is 15.8. The summed E-state index contributed by atoms with van der Waals surface area (Å²) in [6, 6.07) is 0.583. The Morgan fingerprint density at radius 1 is 1.05 bits per heavy atom. The van der Waals surface area contributed by atoms with Gasteiger partial charge in [0, 0.05) is 12.6 Å². The van der Waals surface area contributed by atoms with Crippen molar-refractivity contribution in [3.63, 3.8) is 0 Å². The average Bonchev–Trinajstić information content (AvgIpc) is 2.42. The molecule has 4 rings (SSSR count). The second-order valence-electron chi connectivity index (χ2n) is 8.55. The van der Waals surface area contributed by atoms with E-state index in [1.807, 2.05) is 0 Å². The van der Waals surface area contributed by atoms with Crippen LogP contribution in [0.5, 0.6) is 0 Å². The van der Waals surface area contributed by atoms with Gasteiger partial charge in [-0.15, -0.1) is 0 Å².